The van der Waals surface area contributed by atoms with Gasteiger partial charge < -0.3 is 19.0 Å². The zero-order valence-electron chi connectivity index (χ0n) is 19.9. The lowest BCUT2D eigenvalue weighted by molar-refractivity contribution is 0.113. The van der Waals surface area contributed by atoms with Crippen LogP contribution >= 0.6 is 0 Å². The second-order valence-electron chi connectivity index (χ2n) is 7.70. The predicted octanol–water partition coefficient (Wildman–Crippen LogP) is 6.20. The van der Waals surface area contributed by atoms with Crippen molar-refractivity contribution in [3.8, 4) is 11.5 Å². The highest BCUT2D eigenvalue weighted by molar-refractivity contribution is 5.56. The summed E-state index contributed by atoms with van der Waals surface area (Å²) in [6.45, 7) is 8.75. The van der Waals surface area contributed by atoms with Crippen LogP contribution < -0.4 is 9.47 Å². The van der Waals surface area contributed by atoms with E-state index < -0.39 is 0 Å². The Morgan fingerprint density at radius 1 is 0.906 bits per heavy atom. The Hall–Kier alpha value is -2.79. The first-order chi connectivity index (χ1) is 15.6. The van der Waals surface area contributed by atoms with Crippen molar-refractivity contribution in [3.63, 3.8) is 0 Å². The maximum Gasteiger partial charge on any atom is 0.125 e. The summed E-state index contributed by atoms with van der Waals surface area (Å²) in [5.41, 5.74) is 4.69. The Morgan fingerprint density at radius 2 is 1.59 bits per heavy atom. The molecule has 5 heteroatoms. The summed E-state index contributed by atoms with van der Waals surface area (Å²) in [4.78, 5) is 4.67. The highest BCUT2D eigenvalue weighted by Crippen LogP contribution is 2.28. The summed E-state index contributed by atoms with van der Waals surface area (Å²) in [6.07, 6.45) is 9.53. The lowest BCUT2D eigenvalue weighted by Crippen LogP contribution is -2.04. The van der Waals surface area contributed by atoms with Crippen LogP contribution in [0, 0.1) is 13.8 Å². The lowest BCUT2D eigenvalue weighted by atomic mass is 10.1. The van der Waals surface area contributed by atoms with E-state index in [0.717, 1.165) is 54.9 Å². The van der Waals surface area contributed by atoms with Crippen molar-refractivity contribution >= 4 is 6.21 Å². The number of rotatable bonds is 15. The molecular weight excluding hydrogens is 402 g/mol. The van der Waals surface area contributed by atoms with Crippen LogP contribution in [0.5, 0.6) is 11.5 Å². The van der Waals surface area contributed by atoms with E-state index in [1.54, 1.807) is 13.3 Å². The molecule has 0 aliphatic carbocycles. The molecule has 0 aliphatic rings. The number of allylic oxidation sites excluding steroid dienone is 1. The minimum Gasteiger partial charge on any atom is -0.493 e. The van der Waals surface area contributed by atoms with Gasteiger partial charge in [-0.1, -0.05) is 41.6 Å². The van der Waals surface area contributed by atoms with Gasteiger partial charge in [0, 0.05) is 12.8 Å². The maximum atomic E-state index is 6.03. The van der Waals surface area contributed by atoms with E-state index >= 15 is 0 Å². The van der Waals surface area contributed by atoms with E-state index in [1.165, 1.54) is 11.1 Å². The molecule has 2 aromatic rings. The molecule has 0 N–H and O–H groups in total. The third kappa shape index (κ3) is 9.56. The van der Waals surface area contributed by atoms with Crippen LogP contribution in [0.15, 0.2) is 53.7 Å². The molecule has 0 aliphatic heterocycles. The van der Waals surface area contributed by atoms with E-state index in [-0.39, 0.29) is 0 Å². The van der Waals surface area contributed by atoms with Gasteiger partial charge in [0.15, 0.2) is 0 Å². The molecule has 0 atom stereocenters. The van der Waals surface area contributed by atoms with Crippen molar-refractivity contribution in [1.82, 2.24) is 0 Å². The molecule has 5 nitrogen and oxygen atoms in total. The fraction of sp³-hybridized carbons (Fsp3) is 0.444. The van der Waals surface area contributed by atoms with Gasteiger partial charge in [0.1, 0.15) is 25.2 Å². The molecule has 0 spiro atoms. The number of ether oxygens (including phenoxy) is 3. The largest absolute Gasteiger partial charge is 0.493 e. The Kier molecular flexibility index (Phi) is 12.0. The van der Waals surface area contributed by atoms with Gasteiger partial charge in [0.05, 0.1) is 13.2 Å². The molecule has 174 valence electrons. The molecule has 0 fully saturated rings. The molecule has 2 aromatic carbocycles. The molecule has 0 aromatic heterocycles. The minimum absolute atomic E-state index is 0.587. The molecule has 0 saturated carbocycles. The maximum absolute atomic E-state index is 6.03. The van der Waals surface area contributed by atoms with Crippen molar-refractivity contribution in [2.45, 2.75) is 53.1 Å². The second-order valence-corrected chi connectivity index (χ2v) is 7.70. The summed E-state index contributed by atoms with van der Waals surface area (Å²) in [5.74, 6) is 1.84. The second kappa shape index (κ2) is 15.1. The van der Waals surface area contributed by atoms with Crippen LogP contribution in [-0.2, 0) is 22.6 Å². The van der Waals surface area contributed by atoms with Gasteiger partial charge in [0.25, 0.3) is 0 Å². The fourth-order valence-electron chi connectivity index (χ4n) is 3.29. The number of unbranched alkanes of at least 4 members (excludes halogenated alkanes) is 1. The van der Waals surface area contributed by atoms with Crippen molar-refractivity contribution < 1.29 is 19.0 Å². The topological polar surface area (TPSA) is 49.3 Å². The molecular formula is C27H37NO4. The molecule has 0 radical (unpaired) electrons. The number of hydrogen-bond acceptors (Lipinski definition) is 5. The summed E-state index contributed by atoms with van der Waals surface area (Å²) in [6, 6.07) is 12.6. The Balaban J connectivity index is 1.62. The lowest BCUT2D eigenvalue weighted by Gasteiger charge is -2.14. The first-order valence-electron chi connectivity index (χ1n) is 11.3. The standard InChI is InChI=1S/C27H37NO4/c1-5-6-17-31-26-19-22(2)27(23(3)20-26)32-18-8-7-16-30-21-25-13-11-24(12-14-25)10-9-15-28-29-4/h5-6,11-15,19-20H,7-10,16-18,21H2,1-4H3/b6-5+,28-15?. The van der Waals surface area contributed by atoms with Crippen molar-refractivity contribution in [1.29, 1.82) is 0 Å². The van der Waals surface area contributed by atoms with Crippen LogP contribution in [0.1, 0.15) is 48.4 Å². The number of hydrogen-bond donors (Lipinski definition) is 0. The van der Waals surface area contributed by atoms with Gasteiger partial charge >= 0.3 is 0 Å². The van der Waals surface area contributed by atoms with E-state index in [4.69, 9.17) is 14.2 Å². The SMILES string of the molecule is C/C=C/COc1cc(C)c(OCCCCOCc2ccc(CCC=NOC)cc2)c(C)c1. The van der Waals surface area contributed by atoms with Gasteiger partial charge in [-0.3, -0.25) is 0 Å². The molecule has 2 rings (SSSR count). The van der Waals surface area contributed by atoms with Crippen LogP contribution in [-0.4, -0.2) is 33.1 Å². The van der Waals surface area contributed by atoms with Gasteiger partial charge in [-0.05, 0) is 80.8 Å². The van der Waals surface area contributed by atoms with Gasteiger partial charge in [-0.15, -0.1) is 0 Å². The summed E-state index contributed by atoms with van der Waals surface area (Å²) in [7, 11) is 1.56. The summed E-state index contributed by atoms with van der Waals surface area (Å²) >= 11 is 0. The van der Waals surface area contributed by atoms with Crippen LogP contribution in [0.2, 0.25) is 0 Å². The van der Waals surface area contributed by atoms with E-state index in [2.05, 4.69) is 48.1 Å². The quantitative estimate of drug-likeness (QED) is 0.143. The zero-order valence-corrected chi connectivity index (χ0v) is 19.9. The van der Waals surface area contributed by atoms with Crippen molar-refractivity contribution in [2.75, 3.05) is 26.9 Å². The average Bonchev–Trinajstić information content (AvgIpc) is 2.78. The normalized spacial score (nSPS) is 11.4. The van der Waals surface area contributed by atoms with E-state index in [9.17, 15) is 0 Å². The van der Waals surface area contributed by atoms with Crippen molar-refractivity contribution in [3.05, 3.63) is 70.8 Å². The molecule has 0 bridgehead atoms. The predicted molar refractivity (Wildman–Crippen MR) is 131 cm³/mol. The Labute approximate surface area is 193 Å². The van der Waals surface area contributed by atoms with Crippen LogP contribution in [0.3, 0.4) is 0 Å². The smallest absolute Gasteiger partial charge is 0.125 e. The Morgan fingerprint density at radius 3 is 2.28 bits per heavy atom. The first kappa shape index (κ1) is 25.5. The molecule has 0 heterocycles. The van der Waals surface area contributed by atoms with Gasteiger partial charge in [-0.25, -0.2) is 0 Å². The summed E-state index contributed by atoms with van der Waals surface area (Å²) in [5, 5.41) is 3.76. The molecule has 0 amide bonds. The molecule has 0 saturated heterocycles. The number of oxime groups is 1. The fourth-order valence-corrected chi connectivity index (χ4v) is 3.29. The number of aryl methyl sites for hydroxylation is 3. The Bertz CT molecular complexity index is 820. The van der Waals surface area contributed by atoms with Crippen LogP contribution in [0.4, 0.5) is 0 Å². The first-order valence-corrected chi connectivity index (χ1v) is 11.3. The highest BCUT2D eigenvalue weighted by atomic mass is 16.6. The third-order valence-electron chi connectivity index (χ3n) is 4.98. The van der Waals surface area contributed by atoms with Gasteiger partial charge in [0.2, 0.25) is 0 Å². The minimum atomic E-state index is 0.587. The zero-order chi connectivity index (χ0) is 23.0. The average molecular weight is 440 g/mol. The highest BCUT2D eigenvalue weighted by Gasteiger charge is 2.07. The molecule has 32 heavy (non-hydrogen) atoms. The number of nitrogens with zero attached hydrogens (tertiary/aromatic N) is 1. The van der Waals surface area contributed by atoms with Crippen molar-refractivity contribution in [2.24, 2.45) is 5.16 Å². The summed E-state index contributed by atoms with van der Waals surface area (Å²) < 4.78 is 17.6. The van der Waals surface area contributed by atoms with Gasteiger partial charge in [-0.2, -0.15) is 0 Å². The van der Waals surface area contributed by atoms with Crippen LogP contribution in [0.25, 0.3) is 0 Å². The monoisotopic (exact) mass is 439 g/mol. The van der Waals surface area contributed by atoms with E-state index in [1.807, 2.05) is 31.2 Å². The number of benzene rings is 2. The third-order valence-corrected chi connectivity index (χ3v) is 4.98. The molecule has 0 unspecified atom stereocenters. The van der Waals surface area contributed by atoms with E-state index in [0.29, 0.717) is 19.8 Å².